The molecule has 0 saturated carbocycles. The number of hydrogen-bond acceptors (Lipinski definition) is 3. The zero-order chi connectivity index (χ0) is 16.5. The summed E-state index contributed by atoms with van der Waals surface area (Å²) in [5, 5.41) is 6.01. The molecule has 0 aliphatic heterocycles. The number of carbonyl (C=O) groups excluding carboxylic acids is 1. The number of furan rings is 1. The van der Waals surface area contributed by atoms with E-state index in [9.17, 15) is 4.79 Å². The van der Waals surface area contributed by atoms with Crippen LogP contribution in [0, 0.1) is 0 Å². The van der Waals surface area contributed by atoms with Crippen LogP contribution in [-0.4, -0.2) is 44.0 Å². The zero-order valence-electron chi connectivity index (χ0n) is 13.5. The van der Waals surface area contributed by atoms with E-state index >= 15 is 0 Å². The van der Waals surface area contributed by atoms with E-state index in [1.54, 1.807) is 12.1 Å². The third-order valence-corrected chi connectivity index (χ3v) is 3.12. The molecule has 0 fully saturated rings. The molecule has 2 rings (SSSR count). The molecule has 1 amide bonds. The van der Waals surface area contributed by atoms with E-state index in [4.69, 9.17) is 4.42 Å². The number of nitrogens with zero attached hydrogens (tertiary/aromatic N) is 2. The molecule has 0 aliphatic rings. The highest BCUT2D eigenvalue weighted by molar-refractivity contribution is 5.91. The Bertz CT molecular complexity index is 621. The Hall–Kier alpha value is -2.76. The van der Waals surface area contributed by atoms with Crippen LogP contribution in [0.15, 0.2) is 58.1 Å². The van der Waals surface area contributed by atoms with Crippen molar-refractivity contribution in [3.05, 3.63) is 60.1 Å². The molecule has 23 heavy (non-hydrogen) atoms. The van der Waals surface area contributed by atoms with Gasteiger partial charge in [0.1, 0.15) is 0 Å². The molecule has 122 valence electrons. The predicted octanol–water partition coefficient (Wildman–Crippen LogP) is 1.72. The van der Waals surface area contributed by atoms with Crippen molar-refractivity contribution < 1.29 is 9.21 Å². The summed E-state index contributed by atoms with van der Waals surface area (Å²) in [5.74, 6) is 0.876. The molecule has 2 aromatic rings. The molecule has 0 bridgehead atoms. The Labute approximate surface area is 136 Å². The van der Waals surface area contributed by atoms with Crippen molar-refractivity contribution in [3.8, 4) is 0 Å². The van der Waals surface area contributed by atoms with Crippen molar-refractivity contribution in [3.63, 3.8) is 0 Å². The minimum absolute atomic E-state index is 0.218. The van der Waals surface area contributed by atoms with Gasteiger partial charge >= 0.3 is 0 Å². The normalized spacial score (nSPS) is 11.1. The molecule has 1 aromatic carbocycles. The second-order valence-corrected chi connectivity index (χ2v) is 5.18. The van der Waals surface area contributed by atoms with E-state index < -0.39 is 0 Å². The lowest BCUT2D eigenvalue weighted by Gasteiger charge is -2.17. The first-order valence-electron chi connectivity index (χ1n) is 7.48. The van der Waals surface area contributed by atoms with Crippen LogP contribution in [0.4, 0.5) is 0 Å². The van der Waals surface area contributed by atoms with Gasteiger partial charge in [-0.05, 0) is 17.7 Å². The second-order valence-electron chi connectivity index (χ2n) is 5.18. The number of nitrogens with one attached hydrogen (secondary N) is 2. The summed E-state index contributed by atoms with van der Waals surface area (Å²) < 4.78 is 5.03. The predicted molar refractivity (Wildman–Crippen MR) is 90.3 cm³/mol. The van der Waals surface area contributed by atoms with E-state index in [0.717, 1.165) is 11.5 Å². The highest BCUT2D eigenvalue weighted by atomic mass is 16.3. The number of benzene rings is 1. The van der Waals surface area contributed by atoms with E-state index in [0.29, 0.717) is 25.4 Å². The number of aliphatic imine (C=N–C) groups is 1. The summed E-state index contributed by atoms with van der Waals surface area (Å²) in [7, 11) is 3.86. The van der Waals surface area contributed by atoms with Crippen LogP contribution >= 0.6 is 0 Å². The van der Waals surface area contributed by atoms with Crippen LogP contribution < -0.4 is 10.6 Å². The van der Waals surface area contributed by atoms with Gasteiger partial charge in [0.25, 0.3) is 5.91 Å². The molecule has 0 unspecified atom stereocenters. The number of rotatable bonds is 6. The van der Waals surface area contributed by atoms with Gasteiger partial charge in [0.2, 0.25) is 0 Å². The summed E-state index contributed by atoms with van der Waals surface area (Å²) in [6.07, 6.45) is 1.48. The molecule has 1 aromatic heterocycles. The van der Waals surface area contributed by atoms with Gasteiger partial charge in [-0.3, -0.25) is 4.79 Å². The minimum Gasteiger partial charge on any atom is -0.459 e. The smallest absolute Gasteiger partial charge is 0.287 e. The summed E-state index contributed by atoms with van der Waals surface area (Å²) in [6, 6.07) is 13.4. The van der Waals surface area contributed by atoms with Crippen molar-refractivity contribution in [1.29, 1.82) is 0 Å². The van der Waals surface area contributed by atoms with E-state index in [1.807, 2.05) is 49.3 Å². The van der Waals surface area contributed by atoms with Gasteiger partial charge in [-0.25, -0.2) is 4.99 Å². The van der Waals surface area contributed by atoms with Crippen molar-refractivity contribution >= 4 is 11.9 Å². The van der Waals surface area contributed by atoms with Gasteiger partial charge < -0.3 is 20.0 Å². The molecule has 0 saturated heterocycles. The fourth-order valence-electron chi connectivity index (χ4n) is 1.95. The average Bonchev–Trinajstić information content (AvgIpc) is 3.09. The van der Waals surface area contributed by atoms with Crippen LogP contribution in [-0.2, 0) is 6.54 Å². The SMILES string of the molecule is CN(C)C(=NCc1ccccc1)NCCNC(=O)c1ccco1. The maximum absolute atomic E-state index is 11.7. The first-order valence-corrected chi connectivity index (χ1v) is 7.48. The summed E-state index contributed by atoms with van der Waals surface area (Å²) in [6.45, 7) is 1.68. The summed E-state index contributed by atoms with van der Waals surface area (Å²) in [5.41, 5.74) is 1.15. The molecule has 1 heterocycles. The third-order valence-electron chi connectivity index (χ3n) is 3.12. The van der Waals surface area contributed by atoms with Crippen molar-refractivity contribution in [1.82, 2.24) is 15.5 Å². The Balaban J connectivity index is 1.77. The molecular formula is C17H22N4O2. The molecule has 0 atom stereocenters. The lowest BCUT2D eigenvalue weighted by molar-refractivity contribution is 0.0926. The van der Waals surface area contributed by atoms with Gasteiger partial charge in [0.05, 0.1) is 12.8 Å². The van der Waals surface area contributed by atoms with Gasteiger partial charge in [-0.2, -0.15) is 0 Å². The van der Waals surface area contributed by atoms with Crippen LogP contribution in [0.5, 0.6) is 0 Å². The van der Waals surface area contributed by atoms with Gasteiger partial charge in [0, 0.05) is 27.2 Å². The maximum atomic E-state index is 11.7. The standard InChI is InChI=1S/C17H22N4O2/c1-21(2)17(20-13-14-7-4-3-5-8-14)19-11-10-18-16(22)15-9-6-12-23-15/h3-9,12H,10-11,13H2,1-2H3,(H,18,22)(H,19,20). The molecule has 6 heteroatoms. The lowest BCUT2D eigenvalue weighted by Crippen LogP contribution is -2.41. The third kappa shape index (κ3) is 5.50. The topological polar surface area (TPSA) is 69.9 Å². The molecule has 6 nitrogen and oxygen atoms in total. The van der Waals surface area contributed by atoms with E-state index in [2.05, 4.69) is 15.6 Å². The number of hydrogen-bond donors (Lipinski definition) is 2. The molecule has 0 spiro atoms. The van der Waals surface area contributed by atoms with E-state index in [1.165, 1.54) is 6.26 Å². The largest absolute Gasteiger partial charge is 0.459 e. The molecule has 0 aliphatic carbocycles. The monoisotopic (exact) mass is 314 g/mol. The highest BCUT2D eigenvalue weighted by Crippen LogP contribution is 2.00. The summed E-state index contributed by atoms with van der Waals surface area (Å²) >= 11 is 0. The number of amides is 1. The Morgan fingerprint density at radius 1 is 1.09 bits per heavy atom. The van der Waals surface area contributed by atoms with Crippen LogP contribution in [0.25, 0.3) is 0 Å². The van der Waals surface area contributed by atoms with Gasteiger partial charge in [0.15, 0.2) is 11.7 Å². The average molecular weight is 314 g/mol. The fourth-order valence-corrected chi connectivity index (χ4v) is 1.95. The Morgan fingerprint density at radius 2 is 1.83 bits per heavy atom. The molecule has 2 N–H and O–H groups in total. The first-order chi connectivity index (χ1) is 11.2. The lowest BCUT2D eigenvalue weighted by atomic mass is 10.2. The van der Waals surface area contributed by atoms with E-state index in [-0.39, 0.29) is 5.91 Å². The second kappa shape index (κ2) is 8.63. The fraction of sp³-hybridized carbons (Fsp3) is 0.294. The van der Waals surface area contributed by atoms with Gasteiger partial charge in [-0.1, -0.05) is 30.3 Å². The first kappa shape index (κ1) is 16.6. The quantitative estimate of drug-likeness (QED) is 0.484. The number of guanidine groups is 1. The van der Waals surface area contributed by atoms with Crippen molar-refractivity contribution in [2.45, 2.75) is 6.54 Å². The minimum atomic E-state index is -0.218. The van der Waals surface area contributed by atoms with Crippen LogP contribution in [0.2, 0.25) is 0 Å². The van der Waals surface area contributed by atoms with Crippen LogP contribution in [0.3, 0.4) is 0 Å². The summed E-state index contributed by atoms with van der Waals surface area (Å²) in [4.78, 5) is 18.2. The zero-order valence-corrected chi connectivity index (χ0v) is 13.5. The maximum Gasteiger partial charge on any atom is 0.287 e. The molecular weight excluding hydrogens is 292 g/mol. The van der Waals surface area contributed by atoms with Crippen LogP contribution in [0.1, 0.15) is 16.1 Å². The van der Waals surface area contributed by atoms with Gasteiger partial charge in [-0.15, -0.1) is 0 Å². The Morgan fingerprint density at radius 3 is 2.48 bits per heavy atom. The van der Waals surface area contributed by atoms with Crippen molar-refractivity contribution in [2.75, 3.05) is 27.2 Å². The highest BCUT2D eigenvalue weighted by Gasteiger charge is 2.07. The number of carbonyl (C=O) groups is 1. The molecule has 0 radical (unpaired) electrons. The Kier molecular flexibility index (Phi) is 6.23. The van der Waals surface area contributed by atoms with Crippen molar-refractivity contribution in [2.24, 2.45) is 4.99 Å².